The van der Waals surface area contributed by atoms with Crippen LogP contribution in [0.15, 0.2) is 91.0 Å². The van der Waals surface area contributed by atoms with Crippen molar-refractivity contribution in [3.8, 4) is 5.75 Å². The minimum absolute atomic E-state index is 0.0112. The second-order valence-corrected chi connectivity index (χ2v) is 21.2. The summed E-state index contributed by atoms with van der Waals surface area (Å²) in [4.78, 5) is 58.9. The molecule has 0 radical (unpaired) electrons. The van der Waals surface area contributed by atoms with Crippen molar-refractivity contribution >= 4 is 54.0 Å². The minimum atomic E-state index is -2.61. The third-order valence-corrected chi connectivity index (χ3v) is 17.1. The number of unbranched alkanes of at least 4 members (excludes halogenated alkanes) is 1. The summed E-state index contributed by atoms with van der Waals surface area (Å²) in [5.74, 6) is -0.708. The van der Waals surface area contributed by atoms with Gasteiger partial charge in [0.05, 0.1) is 53.2 Å². The number of ether oxygens (including phenoxy) is 3. The van der Waals surface area contributed by atoms with Gasteiger partial charge in [-0.25, -0.2) is 0 Å². The molecule has 59 heavy (non-hydrogen) atoms. The average molecular weight is 819 g/mol. The van der Waals surface area contributed by atoms with Gasteiger partial charge in [-0.05, 0) is 90.5 Å². The number of aliphatic hydroxyl groups is 1. The maximum atomic E-state index is 15.3. The van der Waals surface area contributed by atoms with Gasteiger partial charge < -0.3 is 40.2 Å². The number of carbonyl (C=O) groups excluding carboxylic acids is 4. The summed E-state index contributed by atoms with van der Waals surface area (Å²) in [6.07, 6.45) is 1.17. The number of benzene rings is 4. The Morgan fingerprint density at radius 1 is 0.966 bits per heavy atom. The fourth-order valence-corrected chi connectivity index (χ4v) is 13.6. The summed E-state index contributed by atoms with van der Waals surface area (Å²) in [5.41, 5.74) is 9.06. The number of anilines is 3. The van der Waals surface area contributed by atoms with Crippen molar-refractivity contribution < 1.29 is 38.5 Å². The first-order valence-corrected chi connectivity index (χ1v) is 23.4. The van der Waals surface area contributed by atoms with Crippen LogP contribution in [0.4, 0.5) is 17.1 Å². The standard InChI is InChI=1S/C46H54N4O8Si/c1-29-43(59(4,5)37-20-18-36(56-2)19-21-37)40(26-41(52)50-27-32-11-7-6-10-31(32)24-35(50)28-51)58-46(29)38-25-34(48-44(54)30-13-15-33(47)16-14-30)17-22-39(38)49(45(46)55)23-9-8-12-42(53)57-3/h6-7,10-11,13-22,25,29,35,40,43,51H,8-9,12,23-24,26-28,47H2,1-5H3,(H,48,54)/t29-,35+,40+,43-,46+/m1/s1. The van der Waals surface area contributed by atoms with Crippen LogP contribution in [0.3, 0.4) is 0 Å². The zero-order valence-corrected chi connectivity index (χ0v) is 35.4. The van der Waals surface area contributed by atoms with E-state index in [-0.39, 0.29) is 48.7 Å². The van der Waals surface area contributed by atoms with Crippen molar-refractivity contribution in [2.24, 2.45) is 5.92 Å². The Labute approximate surface area is 346 Å². The van der Waals surface area contributed by atoms with Gasteiger partial charge in [0.1, 0.15) is 5.75 Å². The van der Waals surface area contributed by atoms with Crippen molar-refractivity contribution in [3.63, 3.8) is 0 Å². The van der Waals surface area contributed by atoms with Gasteiger partial charge in [-0.15, -0.1) is 0 Å². The van der Waals surface area contributed by atoms with E-state index in [9.17, 15) is 19.5 Å². The van der Waals surface area contributed by atoms with Crippen LogP contribution in [0.25, 0.3) is 0 Å². The molecule has 0 aromatic heterocycles. The monoisotopic (exact) mass is 818 g/mol. The molecule has 0 saturated carbocycles. The second-order valence-electron chi connectivity index (χ2n) is 16.5. The van der Waals surface area contributed by atoms with Crippen molar-refractivity contribution in [3.05, 3.63) is 113 Å². The van der Waals surface area contributed by atoms with E-state index in [2.05, 4.69) is 37.5 Å². The van der Waals surface area contributed by atoms with Crippen molar-refractivity contribution in [2.75, 3.05) is 43.3 Å². The molecule has 7 rings (SSSR count). The number of nitrogen functional groups attached to an aromatic ring is 1. The Morgan fingerprint density at radius 2 is 1.68 bits per heavy atom. The van der Waals surface area contributed by atoms with E-state index in [1.807, 2.05) is 48.5 Å². The van der Waals surface area contributed by atoms with Crippen LogP contribution in [0.1, 0.15) is 59.7 Å². The van der Waals surface area contributed by atoms with E-state index >= 15 is 4.79 Å². The lowest BCUT2D eigenvalue weighted by Crippen LogP contribution is -2.52. The summed E-state index contributed by atoms with van der Waals surface area (Å²) >= 11 is 0. The number of hydrogen-bond donors (Lipinski definition) is 3. The number of rotatable bonds is 13. The summed E-state index contributed by atoms with van der Waals surface area (Å²) in [5, 5.41) is 14.7. The first-order chi connectivity index (χ1) is 28.3. The van der Waals surface area contributed by atoms with Gasteiger partial charge in [0.15, 0.2) is 5.60 Å². The number of nitrogens with one attached hydrogen (secondary N) is 1. The minimum Gasteiger partial charge on any atom is -0.497 e. The Morgan fingerprint density at radius 3 is 2.36 bits per heavy atom. The Hall–Kier alpha value is -5.50. The van der Waals surface area contributed by atoms with Crippen LogP contribution < -0.4 is 25.9 Å². The molecule has 3 aliphatic heterocycles. The second kappa shape index (κ2) is 17.0. The average Bonchev–Trinajstić information content (AvgIpc) is 3.67. The highest BCUT2D eigenvalue weighted by molar-refractivity contribution is 6.91. The Kier molecular flexibility index (Phi) is 12.0. The Balaban J connectivity index is 1.29. The lowest BCUT2D eigenvalue weighted by Gasteiger charge is -2.39. The highest BCUT2D eigenvalue weighted by atomic mass is 28.3. The third kappa shape index (κ3) is 7.86. The number of amides is 3. The summed E-state index contributed by atoms with van der Waals surface area (Å²) in [6.45, 7) is 7.11. The zero-order valence-electron chi connectivity index (χ0n) is 34.4. The van der Waals surface area contributed by atoms with E-state index in [1.165, 1.54) is 7.11 Å². The molecule has 3 heterocycles. The normalized spacial score (nSPS) is 22.2. The molecule has 1 fully saturated rings. The topological polar surface area (TPSA) is 161 Å². The maximum absolute atomic E-state index is 15.3. The van der Waals surface area contributed by atoms with E-state index in [4.69, 9.17) is 19.9 Å². The van der Waals surface area contributed by atoms with E-state index in [0.717, 1.165) is 22.1 Å². The number of fused-ring (bicyclic) bond motifs is 3. The van der Waals surface area contributed by atoms with E-state index < -0.39 is 31.7 Å². The largest absolute Gasteiger partial charge is 0.497 e. The molecule has 310 valence electrons. The smallest absolute Gasteiger partial charge is 0.305 e. The SMILES string of the molecule is COC(=O)CCCCN1C(=O)[C@@]2(O[C@@H](CC(=O)N3Cc4ccccc4C[C@H]3CO)[C@H]([Si](C)(C)c3ccc(OC)cc3)[C@H]2C)c2cc(NC(=O)c3ccc(N)cc3)ccc21. The van der Waals surface area contributed by atoms with Crippen LogP contribution >= 0.6 is 0 Å². The van der Waals surface area contributed by atoms with Crippen LogP contribution in [0.5, 0.6) is 5.75 Å². The van der Waals surface area contributed by atoms with Crippen molar-refractivity contribution in [2.45, 2.75) is 82.0 Å². The third-order valence-electron chi connectivity index (χ3n) is 12.8. The molecule has 3 aliphatic rings. The number of aliphatic hydroxyl groups excluding tert-OH is 1. The highest BCUT2D eigenvalue weighted by Crippen LogP contribution is 2.60. The summed E-state index contributed by atoms with van der Waals surface area (Å²) in [7, 11) is 0.375. The number of nitrogens with zero attached hydrogens (tertiary/aromatic N) is 2. The predicted octanol–water partition coefficient (Wildman–Crippen LogP) is 5.77. The van der Waals surface area contributed by atoms with Crippen LogP contribution in [0.2, 0.25) is 18.6 Å². The molecule has 13 heteroatoms. The molecule has 5 atom stereocenters. The fraction of sp³-hybridized carbons (Fsp3) is 0.391. The molecule has 3 amide bonds. The predicted molar refractivity (Wildman–Crippen MR) is 229 cm³/mol. The molecule has 0 bridgehead atoms. The van der Waals surface area contributed by atoms with Crippen LogP contribution in [0, 0.1) is 5.92 Å². The molecule has 1 saturated heterocycles. The van der Waals surface area contributed by atoms with Gasteiger partial charge in [-0.1, -0.05) is 61.6 Å². The molecule has 0 unspecified atom stereocenters. The number of esters is 1. The van der Waals surface area contributed by atoms with Gasteiger partial charge in [0.25, 0.3) is 11.8 Å². The molecule has 4 aromatic rings. The molecule has 4 N–H and O–H groups in total. The Bertz CT molecular complexity index is 2210. The molecule has 4 aromatic carbocycles. The van der Waals surface area contributed by atoms with Gasteiger partial charge in [-0.2, -0.15) is 0 Å². The number of carbonyl (C=O) groups is 4. The molecule has 0 aliphatic carbocycles. The van der Waals surface area contributed by atoms with Gasteiger partial charge in [0, 0.05) is 47.9 Å². The number of methoxy groups -OCH3 is 2. The first-order valence-electron chi connectivity index (χ1n) is 20.3. The lowest BCUT2D eigenvalue weighted by molar-refractivity contribution is -0.151. The van der Waals surface area contributed by atoms with E-state index in [1.54, 1.807) is 47.2 Å². The van der Waals surface area contributed by atoms with Crippen LogP contribution in [-0.2, 0) is 42.4 Å². The fourth-order valence-electron chi connectivity index (χ4n) is 9.62. The van der Waals surface area contributed by atoms with Gasteiger partial charge in [0.2, 0.25) is 5.91 Å². The molecular formula is C46H54N4O8Si. The van der Waals surface area contributed by atoms with Crippen LogP contribution in [-0.4, -0.2) is 81.3 Å². The maximum Gasteiger partial charge on any atom is 0.305 e. The zero-order chi connectivity index (χ0) is 42.1. The molecule has 1 spiro atoms. The molecular weight excluding hydrogens is 765 g/mol. The summed E-state index contributed by atoms with van der Waals surface area (Å²) in [6, 6.07) is 27.7. The van der Waals surface area contributed by atoms with Crippen molar-refractivity contribution in [1.29, 1.82) is 0 Å². The molecule has 12 nitrogen and oxygen atoms in total. The van der Waals surface area contributed by atoms with E-state index in [0.29, 0.717) is 60.5 Å². The number of nitrogens with two attached hydrogens (primary N) is 1. The first kappa shape index (κ1) is 41.6. The summed E-state index contributed by atoms with van der Waals surface area (Å²) < 4.78 is 17.6. The number of hydrogen-bond acceptors (Lipinski definition) is 9. The highest BCUT2D eigenvalue weighted by Gasteiger charge is 2.66. The van der Waals surface area contributed by atoms with Crippen molar-refractivity contribution in [1.82, 2.24) is 4.90 Å². The van der Waals surface area contributed by atoms with Gasteiger partial charge >= 0.3 is 5.97 Å². The van der Waals surface area contributed by atoms with Gasteiger partial charge in [-0.3, -0.25) is 19.2 Å². The lowest BCUT2D eigenvalue weighted by atomic mass is 9.82. The quantitative estimate of drug-likeness (QED) is 0.0659.